The summed E-state index contributed by atoms with van der Waals surface area (Å²) in [5.41, 5.74) is 2.26. The molecule has 2 amide bonds. The van der Waals surface area contributed by atoms with Crippen molar-refractivity contribution in [3.63, 3.8) is 0 Å². The molecule has 2 heterocycles. The molecule has 166 valence electrons. The molecule has 8 heteroatoms. The topological polar surface area (TPSA) is 88.9 Å². The number of aryl methyl sites for hydroxylation is 1. The van der Waals surface area contributed by atoms with Crippen LogP contribution in [0.3, 0.4) is 0 Å². The molecule has 0 atom stereocenters. The highest BCUT2D eigenvalue weighted by Crippen LogP contribution is 2.29. The van der Waals surface area contributed by atoms with Crippen LogP contribution in [-0.4, -0.2) is 33.1 Å². The number of nitrogens with one attached hydrogen (secondary N) is 2. The lowest BCUT2D eigenvalue weighted by atomic mass is 9.81. The number of anilines is 1. The molecule has 0 saturated heterocycles. The summed E-state index contributed by atoms with van der Waals surface area (Å²) in [6.45, 7) is 2.48. The molecule has 0 spiro atoms. The molecule has 32 heavy (non-hydrogen) atoms. The molecule has 1 aromatic carbocycles. The van der Waals surface area contributed by atoms with E-state index in [0.717, 1.165) is 40.6 Å². The summed E-state index contributed by atoms with van der Waals surface area (Å²) >= 11 is 2.27. The molecular weight excluding hydrogens is 517 g/mol. The maximum absolute atomic E-state index is 12.7. The summed E-state index contributed by atoms with van der Waals surface area (Å²) in [5, 5.41) is 10.5. The predicted molar refractivity (Wildman–Crippen MR) is 132 cm³/mol. The van der Waals surface area contributed by atoms with Crippen LogP contribution in [0.4, 0.5) is 5.82 Å². The minimum Gasteiger partial charge on any atom is -0.350 e. The van der Waals surface area contributed by atoms with Crippen molar-refractivity contribution in [1.82, 2.24) is 20.1 Å². The number of halogens is 1. The van der Waals surface area contributed by atoms with Gasteiger partial charge in [-0.3, -0.25) is 9.59 Å². The molecule has 4 rings (SSSR count). The van der Waals surface area contributed by atoms with Crippen molar-refractivity contribution in [3.05, 3.63) is 69.7 Å². The Morgan fingerprint density at radius 1 is 1.06 bits per heavy atom. The Hall–Kier alpha value is -2.75. The van der Waals surface area contributed by atoms with Crippen molar-refractivity contribution < 1.29 is 9.59 Å². The normalized spacial score (nSPS) is 18.2. The van der Waals surface area contributed by atoms with E-state index in [0.29, 0.717) is 24.0 Å². The van der Waals surface area contributed by atoms with Gasteiger partial charge >= 0.3 is 0 Å². The number of rotatable bonds is 6. The van der Waals surface area contributed by atoms with Crippen LogP contribution in [0, 0.1) is 22.3 Å². The Bertz CT molecular complexity index is 1110. The van der Waals surface area contributed by atoms with E-state index in [2.05, 4.69) is 43.3 Å². The highest BCUT2D eigenvalue weighted by atomic mass is 127. The van der Waals surface area contributed by atoms with E-state index in [1.165, 1.54) is 0 Å². The lowest BCUT2D eigenvalue weighted by Gasteiger charge is -2.27. The average molecular weight is 543 g/mol. The molecule has 1 aliphatic carbocycles. The standard InChI is InChI=1S/C24H26IN5O2/c1-16-5-4-7-20(27-16)24(32)26-15-17-9-11-18(12-10-17)23(31)28-22-13-14-30(29-22)21-8-3-2-6-19(21)25/h2-8,13-14,17-18H,9-12,15H2,1H3,(H,26,32)(H,28,29,31). The Morgan fingerprint density at radius 2 is 1.84 bits per heavy atom. The first-order valence-electron chi connectivity index (χ1n) is 10.8. The first kappa shape index (κ1) is 22.4. The van der Waals surface area contributed by atoms with Gasteiger partial charge in [0.05, 0.1) is 5.69 Å². The SMILES string of the molecule is Cc1cccc(C(=O)NCC2CCC(C(=O)Nc3ccn(-c4ccccc4I)n3)CC2)n1. The lowest BCUT2D eigenvalue weighted by molar-refractivity contribution is -0.121. The van der Waals surface area contributed by atoms with Crippen molar-refractivity contribution >= 4 is 40.2 Å². The van der Waals surface area contributed by atoms with Crippen molar-refractivity contribution in [2.45, 2.75) is 32.6 Å². The van der Waals surface area contributed by atoms with Gasteiger partial charge in [-0.05, 0) is 85.4 Å². The Morgan fingerprint density at radius 3 is 2.59 bits per heavy atom. The zero-order valence-corrected chi connectivity index (χ0v) is 20.1. The monoisotopic (exact) mass is 543 g/mol. The second-order valence-corrected chi connectivity index (χ2v) is 9.34. The summed E-state index contributed by atoms with van der Waals surface area (Å²) < 4.78 is 2.87. The second-order valence-electron chi connectivity index (χ2n) is 8.18. The van der Waals surface area contributed by atoms with E-state index in [-0.39, 0.29) is 17.7 Å². The Labute approximate surface area is 201 Å². The molecule has 7 nitrogen and oxygen atoms in total. The predicted octanol–water partition coefficient (Wildman–Crippen LogP) is 4.36. The molecule has 0 aliphatic heterocycles. The number of carbonyl (C=O) groups excluding carboxylic acids is 2. The van der Waals surface area contributed by atoms with Crippen LogP contribution in [0.25, 0.3) is 5.69 Å². The first-order valence-corrected chi connectivity index (χ1v) is 11.9. The molecule has 2 N–H and O–H groups in total. The maximum Gasteiger partial charge on any atom is 0.269 e. The van der Waals surface area contributed by atoms with Crippen LogP contribution in [0.15, 0.2) is 54.7 Å². The Balaban J connectivity index is 1.24. The highest BCUT2D eigenvalue weighted by molar-refractivity contribution is 14.1. The van der Waals surface area contributed by atoms with Crippen LogP contribution in [-0.2, 0) is 4.79 Å². The van der Waals surface area contributed by atoms with Crippen molar-refractivity contribution in [1.29, 1.82) is 0 Å². The average Bonchev–Trinajstić information content (AvgIpc) is 3.26. The van der Waals surface area contributed by atoms with Gasteiger partial charge in [0.15, 0.2) is 5.82 Å². The van der Waals surface area contributed by atoms with Gasteiger partial charge in [-0.1, -0.05) is 18.2 Å². The number of amides is 2. The molecule has 0 radical (unpaired) electrons. The molecule has 0 unspecified atom stereocenters. The fraction of sp³-hybridized carbons (Fsp3) is 0.333. The van der Waals surface area contributed by atoms with Gasteiger partial charge < -0.3 is 10.6 Å². The van der Waals surface area contributed by atoms with E-state index < -0.39 is 0 Å². The molecular formula is C24H26IN5O2. The fourth-order valence-electron chi connectivity index (χ4n) is 4.02. The van der Waals surface area contributed by atoms with Gasteiger partial charge in [-0.2, -0.15) is 5.10 Å². The van der Waals surface area contributed by atoms with Crippen molar-refractivity contribution in [2.75, 3.05) is 11.9 Å². The van der Waals surface area contributed by atoms with Gasteiger partial charge in [-0.25, -0.2) is 9.67 Å². The van der Waals surface area contributed by atoms with Gasteiger partial charge in [0.1, 0.15) is 5.69 Å². The smallest absolute Gasteiger partial charge is 0.269 e. The van der Waals surface area contributed by atoms with Gasteiger partial charge in [0.2, 0.25) is 5.91 Å². The van der Waals surface area contributed by atoms with Crippen LogP contribution in [0.1, 0.15) is 41.9 Å². The van der Waals surface area contributed by atoms with Crippen molar-refractivity contribution in [3.8, 4) is 5.69 Å². The molecule has 0 bridgehead atoms. The summed E-state index contributed by atoms with van der Waals surface area (Å²) in [6.07, 6.45) is 5.31. The number of hydrogen-bond donors (Lipinski definition) is 2. The third kappa shape index (κ3) is 5.53. The number of pyridine rings is 1. The first-order chi connectivity index (χ1) is 15.5. The van der Waals surface area contributed by atoms with Crippen LogP contribution < -0.4 is 10.6 Å². The number of aromatic nitrogens is 3. The van der Waals surface area contributed by atoms with E-state index >= 15 is 0 Å². The summed E-state index contributed by atoms with van der Waals surface area (Å²) in [7, 11) is 0. The number of para-hydroxylation sites is 1. The number of benzene rings is 1. The van der Waals surface area contributed by atoms with Crippen molar-refractivity contribution in [2.24, 2.45) is 11.8 Å². The van der Waals surface area contributed by atoms with Gasteiger partial charge in [0.25, 0.3) is 5.91 Å². The third-order valence-corrected chi connectivity index (χ3v) is 6.74. The molecule has 3 aromatic rings. The van der Waals surface area contributed by atoms with E-state index in [9.17, 15) is 9.59 Å². The molecule has 1 fully saturated rings. The fourth-order valence-corrected chi connectivity index (χ4v) is 4.65. The Kier molecular flexibility index (Phi) is 7.19. The maximum atomic E-state index is 12.7. The second kappa shape index (κ2) is 10.2. The minimum atomic E-state index is -0.141. The zero-order valence-electron chi connectivity index (χ0n) is 17.9. The number of carbonyl (C=O) groups is 2. The zero-order chi connectivity index (χ0) is 22.5. The molecule has 2 aromatic heterocycles. The quantitative estimate of drug-likeness (QED) is 0.453. The van der Waals surface area contributed by atoms with E-state index in [1.807, 2.05) is 55.6 Å². The van der Waals surface area contributed by atoms with Crippen LogP contribution in [0.2, 0.25) is 0 Å². The summed E-state index contributed by atoms with van der Waals surface area (Å²) in [4.78, 5) is 29.3. The van der Waals surface area contributed by atoms with Gasteiger partial charge in [-0.15, -0.1) is 0 Å². The minimum absolute atomic E-state index is 0.0180. The van der Waals surface area contributed by atoms with Crippen LogP contribution in [0.5, 0.6) is 0 Å². The molecule has 1 saturated carbocycles. The highest BCUT2D eigenvalue weighted by Gasteiger charge is 2.27. The largest absolute Gasteiger partial charge is 0.350 e. The lowest BCUT2D eigenvalue weighted by Crippen LogP contribution is -2.34. The molecule has 1 aliphatic rings. The van der Waals surface area contributed by atoms with E-state index in [1.54, 1.807) is 10.7 Å². The third-order valence-electron chi connectivity index (χ3n) is 5.83. The summed E-state index contributed by atoms with van der Waals surface area (Å²) in [6, 6.07) is 15.2. The van der Waals surface area contributed by atoms with E-state index in [4.69, 9.17) is 0 Å². The van der Waals surface area contributed by atoms with Gasteiger partial charge in [0, 0.05) is 34.0 Å². The van der Waals surface area contributed by atoms with Crippen LogP contribution >= 0.6 is 22.6 Å². The number of hydrogen-bond acceptors (Lipinski definition) is 4. The number of nitrogens with zero attached hydrogens (tertiary/aromatic N) is 3. The summed E-state index contributed by atoms with van der Waals surface area (Å²) in [5.74, 6) is 0.797.